The van der Waals surface area contributed by atoms with Gasteiger partial charge in [0.05, 0.1) is 18.0 Å². The summed E-state index contributed by atoms with van der Waals surface area (Å²) >= 11 is 0. The molecule has 0 spiro atoms. The molecule has 10 heteroatoms. The standard InChI is InChI=1S/C32H64N2O4Si4/c1-32-21-29(33-37-41(8,9)10)31-25-17-15-24(36-40(5,6)7)20-23(25)14-16-26(31)27(32)18-19-28(32)30(22-35-39(2,3)4)34-38-42(11,12)13/h23-28,31H,14-22H2,1-13H3/b33-29+,34-30+/t23-,24+,25?,26?,27?,28+,31?,32-/m0/s1. The Labute approximate surface area is 262 Å². The van der Waals surface area contributed by atoms with Crippen LogP contribution >= 0.6 is 0 Å². The van der Waals surface area contributed by atoms with E-state index in [9.17, 15) is 0 Å². The molecule has 6 nitrogen and oxygen atoms in total. The molecule has 4 fully saturated rings. The Hall–Kier alpha value is -0.272. The van der Waals surface area contributed by atoms with Gasteiger partial charge in [-0.3, -0.25) is 0 Å². The fraction of sp³-hybridized carbons (Fsp3) is 0.938. The summed E-state index contributed by atoms with van der Waals surface area (Å²) < 4.78 is 25.8. The molecule has 0 bridgehead atoms. The first kappa shape index (κ1) is 34.6. The summed E-state index contributed by atoms with van der Waals surface area (Å²) in [6.45, 7) is 30.4. The van der Waals surface area contributed by atoms with Crippen LogP contribution in [0.4, 0.5) is 0 Å². The lowest BCUT2D eigenvalue weighted by atomic mass is 9.49. The van der Waals surface area contributed by atoms with Crippen molar-refractivity contribution in [1.29, 1.82) is 0 Å². The molecule has 0 radical (unpaired) electrons. The van der Waals surface area contributed by atoms with E-state index in [0.717, 1.165) is 24.0 Å². The maximum atomic E-state index is 6.66. The number of oxime groups is 2. The predicted molar refractivity (Wildman–Crippen MR) is 187 cm³/mol. The Balaban J connectivity index is 1.65. The molecule has 0 saturated heterocycles. The zero-order valence-corrected chi connectivity index (χ0v) is 33.4. The lowest BCUT2D eigenvalue weighted by molar-refractivity contribution is -0.0232. The molecule has 42 heavy (non-hydrogen) atoms. The van der Waals surface area contributed by atoms with E-state index in [2.05, 4.69) is 85.5 Å². The van der Waals surface area contributed by atoms with E-state index in [1.807, 2.05) is 0 Å². The molecule has 0 aromatic heterocycles. The largest absolute Gasteiger partial charge is 0.456 e. The van der Waals surface area contributed by atoms with E-state index in [-0.39, 0.29) is 5.41 Å². The van der Waals surface area contributed by atoms with Crippen molar-refractivity contribution in [3.05, 3.63) is 0 Å². The van der Waals surface area contributed by atoms with Gasteiger partial charge in [-0.15, -0.1) is 10.3 Å². The summed E-state index contributed by atoms with van der Waals surface area (Å²) in [6.07, 6.45) is 10.3. The summed E-state index contributed by atoms with van der Waals surface area (Å²) in [4.78, 5) is 0. The molecule has 0 aromatic carbocycles. The molecule has 242 valence electrons. The van der Waals surface area contributed by atoms with Crippen molar-refractivity contribution < 1.29 is 17.9 Å². The van der Waals surface area contributed by atoms with Crippen LogP contribution in [0.15, 0.2) is 10.3 Å². The van der Waals surface area contributed by atoms with Crippen LogP contribution in [-0.2, 0) is 17.9 Å². The number of rotatable bonds is 10. The Morgan fingerprint density at radius 2 is 1.38 bits per heavy atom. The van der Waals surface area contributed by atoms with Crippen molar-refractivity contribution in [2.45, 2.75) is 143 Å². The third-order valence-electron chi connectivity index (χ3n) is 10.1. The molecule has 4 aliphatic rings. The summed E-state index contributed by atoms with van der Waals surface area (Å²) in [5.74, 6) is 3.78. The summed E-state index contributed by atoms with van der Waals surface area (Å²) in [5.41, 5.74) is 2.62. The lowest BCUT2D eigenvalue weighted by Gasteiger charge is -2.56. The van der Waals surface area contributed by atoms with Crippen LogP contribution in [0.3, 0.4) is 0 Å². The minimum atomic E-state index is -1.81. The first-order valence-corrected chi connectivity index (χ1v) is 30.6. The quantitative estimate of drug-likeness (QED) is 0.134. The zero-order chi connectivity index (χ0) is 31.3. The van der Waals surface area contributed by atoms with Crippen molar-refractivity contribution in [3.8, 4) is 0 Å². The minimum Gasteiger partial charge on any atom is -0.456 e. The van der Waals surface area contributed by atoms with Crippen LogP contribution in [0, 0.1) is 40.9 Å². The van der Waals surface area contributed by atoms with E-state index in [0.29, 0.717) is 36.4 Å². The van der Waals surface area contributed by atoms with Crippen LogP contribution in [0.5, 0.6) is 0 Å². The molecule has 4 rings (SSSR count). The van der Waals surface area contributed by atoms with Gasteiger partial charge in [-0.1, -0.05) is 6.92 Å². The fourth-order valence-electron chi connectivity index (χ4n) is 8.75. The molecule has 8 atom stereocenters. The van der Waals surface area contributed by atoms with Crippen molar-refractivity contribution >= 4 is 44.7 Å². The predicted octanol–water partition coefficient (Wildman–Crippen LogP) is 9.35. The third-order valence-corrected chi connectivity index (χ3v) is 13.4. The molecule has 4 aliphatic carbocycles. The minimum absolute atomic E-state index is 0.109. The van der Waals surface area contributed by atoms with E-state index >= 15 is 0 Å². The van der Waals surface area contributed by atoms with E-state index in [4.69, 9.17) is 28.2 Å². The highest BCUT2D eigenvalue weighted by atomic mass is 28.4. The van der Waals surface area contributed by atoms with Crippen LogP contribution in [0.2, 0.25) is 78.6 Å². The highest BCUT2D eigenvalue weighted by Crippen LogP contribution is 2.64. The van der Waals surface area contributed by atoms with E-state index < -0.39 is 33.3 Å². The average Bonchev–Trinajstić information content (AvgIpc) is 3.16. The van der Waals surface area contributed by atoms with Gasteiger partial charge >= 0.3 is 0 Å². The second kappa shape index (κ2) is 12.5. The highest BCUT2D eigenvalue weighted by Gasteiger charge is 2.60. The average molecular weight is 653 g/mol. The van der Waals surface area contributed by atoms with Gasteiger partial charge in [-0.05, 0) is 159 Å². The first-order chi connectivity index (χ1) is 19.2. The first-order valence-electron chi connectivity index (χ1n) is 17.0. The van der Waals surface area contributed by atoms with Crippen LogP contribution in [-0.4, -0.2) is 57.4 Å². The van der Waals surface area contributed by atoms with Crippen LogP contribution in [0.25, 0.3) is 0 Å². The van der Waals surface area contributed by atoms with Gasteiger partial charge in [-0.2, -0.15) is 0 Å². The van der Waals surface area contributed by atoms with Gasteiger partial charge in [0.2, 0.25) is 0 Å². The van der Waals surface area contributed by atoms with Gasteiger partial charge in [-0.25, -0.2) is 0 Å². The zero-order valence-electron chi connectivity index (χ0n) is 29.4. The Bertz CT molecular complexity index is 1010. The van der Waals surface area contributed by atoms with Crippen molar-refractivity contribution in [3.63, 3.8) is 0 Å². The SMILES string of the molecule is C[C@]12C/C(=N\O[Si](C)(C)C)C3C(CC[C@H]4C[C@H](O[Si](C)(C)C)CCC34)C1CC[C@@H]2/C(CO[Si](C)(C)C)=N/O[Si](C)(C)C. The molecule has 0 heterocycles. The highest BCUT2D eigenvalue weighted by molar-refractivity contribution is 6.70. The monoisotopic (exact) mass is 652 g/mol. The normalized spacial score (nSPS) is 37.2. The number of hydrogen-bond acceptors (Lipinski definition) is 6. The van der Waals surface area contributed by atoms with Gasteiger partial charge in [0, 0.05) is 17.9 Å². The molecular formula is C32H64N2O4Si4. The van der Waals surface area contributed by atoms with Gasteiger partial charge < -0.3 is 17.9 Å². The maximum absolute atomic E-state index is 6.66. The molecular weight excluding hydrogens is 589 g/mol. The van der Waals surface area contributed by atoms with Gasteiger partial charge in [0.25, 0.3) is 16.6 Å². The Kier molecular flexibility index (Phi) is 10.3. The second-order valence-electron chi connectivity index (χ2n) is 18.2. The molecule has 0 N–H and O–H groups in total. The number of hydrogen-bond donors (Lipinski definition) is 0. The smallest absolute Gasteiger partial charge is 0.278 e. The van der Waals surface area contributed by atoms with Crippen molar-refractivity contribution in [2.24, 2.45) is 51.2 Å². The molecule has 4 saturated carbocycles. The third kappa shape index (κ3) is 8.71. The van der Waals surface area contributed by atoms with Gasteiger partial charge in [0.15, 0.2) is 16.6 Å². The fourth-order valence-corrected chi connectivity index (χ4v) is 11.3. The van der Waals surface area contributed by atoms with E-state index in [1.54, 1.807) is 0 Å². The molecule has 0 amide bonds. The Morgan fingerprint density at radius 1 is 0.738 bits per heavy atom. The topological polar surface area (TPSA) is 61.6 Å². The summed E-state index contributed by atoms with van der Waals surface area (Å²) in [6, 6.07) is 0. The second-order valence-corrected chi connectivity index (χ2v) is 36.0. The van der Waals surface area contributed by atoms with Crippen LogP contribution < -0.4 is 0 Å². The lowest BCUT2D eigenvalue weighted by Crippen LogP contribution is -2.54. The summed E-state index contributed by atoms with van der Waals surface area (Å²) in [7, 11) is -6.84. The van der Waals surface area contributed by atoms with Crippen LogP contribution in [0.1, 0.15) is 58.3 Å². The van der Waals surface area contributed by atoms with Gasteiger partial charge in [0.1, 0.15) is 0 Å². The number of fused-ring (bicyclic) bond motifs is 5. The number of nitrogens with zero attached hydrogens (tertiary/aromatic N) is 2. The van der Waals surface area contributed by atoms with Crippen molar-refractivity contribution in [1.82, 2.24) is 0 Å². The van der Waals surface area contributed by atoms with E-state index in [1.165, 1.54) is 50.7 Å². The summed E-state index contributed by atoms with van der Waals surface area (Å²) in [5, 5.41) is 10.1. The maximum Gasteiger partial charge on any atom is 0.278 e. The molecule has 0 aliphatic heterocycles. The molecule has 0 aromatic rings. The molecule has 4 unspecified atom stereocenters. The Morgan fingerprint density at radius 3 is 1.98 bits per heavy atom. The van der Waals surface area contributed by atoms with Crippen molar-refractivity contribution in [2.75, 3.05) is 6.61 Å².